The number of benzene rings is 2. The summed E-state index contributed by atoms with van der Waals surface area (Å²) in [5, 5.41) is 0. The van der Waals surface area contributed by atoms with Crippen molar-refractivity contribution >= 4 is 21.6 Å². The molecular formula is C22H26N2O3S. The Hall–Kier alpha value is -2.34. The minimum absolute atomic E-state index is 0.0598. The molecule has 1 amide bonds. The topological polar surface area (TPSA) is 57.7 Å². The second kappa shape index (κ2) is 7.59. The van der Waals surface area contributed by atoms with Gasteiger partial charge in [-0.2, -0.15) is 0 Å². The van der Waals surface area contributed by atoms with Gasteiger partial charge in [-0.15, -0.1) is 0 Å². The molecule has 2 aliphatic heterocycles. The Morgan fingerprint density at radius 2 is 1.57 bits per heavy atom. The van der Waals surface area contributed by atoms with Crippen molar-refractivity contribution in [2.24, 2.45) is 0 Å². The smallest absolute Gasteiger partial charge is 0.264 e. The lowest BCUT2D eigenvalue weighted by Crippen LogP contribution is -2.32. The fourth-order valence-electron chi connectivity index (χ4n) is 4.05. The molecule has 1 saturated heterocycles. The standard InChI is InChI=1S/C22H26N2O3S/c1-17-6-9-20(10-7-17)28(26,27)24-15-12-18-16-19(8-11-21(18)24)22(25)23-13-4-2-3-5-14-23/h6-11,16H,2-5,12-15H2,1H3. The predicted molar refractivity (Wildman–Crippen MR) is 110 cm³/mol. The van der Waals surface area contributed by atoms with E-state index in [0.29, 0.717) is 29.1 Å². The van der Waals surface area contributed by atoms with Gasteiger partial charge in [0.1, 0.15) is 0 Å². The Bertz CT molecular complexity index is 975. The lowest BCUT2D eigenvalue weighted by Gasteiger charge is -2.22. The first kappa shape index (κ1) is 19.0. The fourth-order valence-corrected chi connectivity index (χ4v) is 5.55. The van der Waals surface area contributed by atoms with E-state index in [-0.39, 0.29) is 5.91 Å². The maximum atomic E-state index is 13.1. The normalized spacial score (nSPS) is 17.3. The van der Waals surface area contributed by atoms with Crippen LogP contribution in [0.3, 0.4) is 0 Å². The summed E-state index contributed by atoms with van der Waals surface area (Å²) < 4.78 is 27.6. The van der Waals surface area contributed by atoms with Crippen molar-refractivity contribution in [2.45, 2.75) is 43.9 Å². The highest BCUT2D eigenvalue weighted by Crippen LogP contribution is 2.34. The molecular weight excluding hydrogens is 372 g/mol. The summed E-state index contributed by atoms with van der Waals surface area (Å²) in [6, 6.07) is 12.4. The second-order valence-corrected chi connectivity index (χ2v) is 9.55. The first-order valence-electron chi connectivity index (χ1n) is 9.98. The van der Waals surface area contributed by atoms with Crippen LogP contribution < -0.4 is 4.31 Å². The number of sulfonamides is 1. The Balaban J connectivity index is 1.59. The van der Waals surface area contributed by atoms with Gasteiger partial charge >= 0.3 is 0 Å². The van der Waals surface area contributed by atoms with Gasteiger partial charge in [0.25, 0.3) is 15.9 Å². The molecule has 2 aromatic carbocycles. The van der Waals surface area contributed by atoms with Crippen molar-refractivity contribution in [1.82, 2.24) is 4.90 Å². The van der Waals surface area contributed by atoms with Crippen LogP contribution in [0.25, 0.3) is 0 Å². The molecule has 0 aliphatic carbocycles. The molecule has 0 bridgehead atoms. The van der Waals surface area contributed by atoms with Crippen molar-refractivity contribution in [1.29, 1.82) is 0 Å². The van der Waals surface area contributed by atoms with Crippen LogP contribution in [-0.2, 0) is 16.4 Å². The van der Waals surface area contributed by atoms with Crippen molar-refractivity contribution in [3.8, 4) is 0 Å². The number of likely N-dealkylation sites (tertiary alicyclic amines) is 1. The average molecular weight is 399 g/mol. The third kappa shape index (κ3) is 3.53. The van der Waals surface area contributed by atoms with E-state index in [1.165, 1.54) is 17.1 Å². The first-order valence-corrected chi connectivity index (χ1v) is 11.4. The Kier molecular flexibility index (Phi) is 5.15. The van der Waals surface area contributed by atoms with Crippen LogP contribution in [0, 0.1) is 6.92 Å². The number of aryl methyl sites for hydroxylation is 1. The molecule has 0 N–H and O–H groups in total. The third-order valence-electron chi connectivity index (χ3n) is 5.68. The minimum Gasteiger partial charge on any atom is -0.339 e. The van der Waals surface area contributed by atoms with Crippen molar-refractivity contribution < 1.29 is 13.2 Å². The number of fused-ring (bicyclic) bond motifs is 1. The number of nitrogens with zero attached hydrogens (tertiary/aromatic N) is 2. The summed E-state index contributed by atoms with van der Waals surface area (Å²) >= 11 is 0. The number of rotatable bonds is 3. The van der Waals surface area contributed by atoms with Gasteiger partial charge in [-0.1, -0.05) is 30.5 Å². The van der Waals surface area contributed by atoms with Crippen LogP contribution in [0.2, 0.25) is 0 Å². The number of carbonyl (C=O) groups is 1. The number of anilines is 1. The van der Waals surface area contributed by atoms with Gasteiger partial charge in [0.2, 0.25) is 0 Å². The lowest BCUT2D eigenvalue weighted by molar-refractivity contribution is 0.0761. The molecule has 0 saturated carbocycles. The van der Waals surface area contributed by atoms with Gasteiger partial charge in [0.05, 0.1) is 10.6 Å². The average Bonchev–Trinajstić information content (AvgIpc) is 2.94. The van der Waals surface area contributed by atoms with Gasteiger partial charge in [0.15, 0.2) is 0 Å². The molecule has 4 rings (SSSR count). The summed E-state index contributed by atoms with van der Waals surface area (Å²) in [7, 11) is -3.59. The molecule has 148 valence electrons. The summed E-state index contributed by atoms with van der Waals surface area (Å²) in [6.07, 6.45) is 5.10. The van der Waals surface area contributed by atoms with Crippen LogP contribution in [-0.4, -0.2) is 38.9 Å². The highest BCUT2D eigenvalue weighted by molar-refractivity contribution is 7.92. The van der Waals surface area contributed by atoms with E-state index in [1.54, 1.807) is 24.3 Å². The Morgan fingerprint density at radius 3 is 2.25 bits per heavy atom. The molecule has 0 unspecified atom stereocenters. The van der Waals surface area contributed by atoms with Gasteiger partial charge < -0.3 is 4.90 Å². The Morgan fingerprint density at radius 1 is 0.893 bits per heavy atom. The highest BCUT2D eigenvalue weighted by Gasteiger charge is 2.31. The molecule has 0 aromatic heterocycles. The zero-order valence-electron chi connectivity index (χ0n) is 16.2. The summed E-state index contributed by atoms with van der Waals surface area (Å²) in [5.74, 6) is 0.0598. The molecule has 5 nitrogen and oxygen atoms in total. The second-order valence-electron chi connectivity index (χ2n) is 7.69. The summed E-state index contributed by atoms with van der Waals surface area (Å²) in [6.45, 7) is 3.96. The molecule has 0 atom stereocenters. The third-order valence-corrected chi connectivity index (χ3v) is 7.51. The van der Waals surface area contributed by atoms with Crippen LogP contribution in [0.4, 0.5) is 5.69 Å². The Labute approximate surface area is 167 Å². The predicted octanol–water partition coefficient (Wildman–Crippen LogP) is 3.76. The zero-order valence-corrected chi connectivity index (χ0v) is 17.0. The van der Waals surface area contributed by atoms with E-state index in [2.05, 4.69) is 0 Å². The first-order chi connectivity index (χ1) is 13.5. The highest BCUT2D eigenvalue weighted by atomic mass is 32.2. The van der Waals surface area contributed by atoms with Crippen molar-refractivity contribution in [3.63, 3.8) is 0 Å². The van der Waals surface area contributed by atoms with E-state index in [1.807, 2.05) is 30.0 Å². The number of hydrogen-bond acceptors (Lipinski definition) is 3. The van der Waals surface area contributed by atoms with Crippen LogP contribution >= 0.6 is 0 Å². The van der Waals surface area contributed by atoms with Gasteiger partial charge in [0, 0.05) is 25.2 Å². The van der Waals surface area contributed by atoms with Crippen LogP contribution in [0.15, 0.2) is 47.4 Å². The van der Waals surface area contributed by atoms with Crippen molar-refractivity contribution in [3.05, 3.63) is 59.2 Å². The molecule has 6 heteroatoms. The van der Waals surface area contributed by atoms with Gasteiger partial charge in [-0.05, 0) is 62.1 Å². The largest absolute Gasteiger partial charge is 0.339 e. The van der Waals surface area contributed by atoms with E-state index < -0.39 is 10.0 Å². The molecule has 28 heavy (non-hydrogen) atoms. The number of carbonyl (C=O) groups excluding carboxylic acids is 1. The van der Waals surface area contributed by atoms with Crippen LogP contribution in [0.5, 0.6) is 0 Å². The van der Waals surface area contributed by atoms with E-state index in [4.69, 9.17) is 0 Å². The number of amides is 1. The molecule has 2 aliphatic rings. The molecule has 0 radical (unpaired) electrons. The fraction of sp³-hybridized carbons (Fsp3) is 0.409. The maximum Gasteiger partial charge on any atom is 0.264 e. The van der Waals surface area contributed by atoms with E-state index in [0.717, 1.165) is 37.1 Å². The maximum absolute atomic E-state index is 13.1. The lowest BCUT2D eigenvalue weighted by atomic mass is 10.1. The molecule has 2 heterocycles. The molecule has 1 fully saturated rings. The SMILES string of the molecule is Cc1ccc(S(=O)(=O)N2CCc3cc(C(=O)N4CCCCCC4)ccc32)cc1. The van der Waals surface area contributed by atoms with Crippen LogP contribution in [0.1, 0.15) is 47.2 Å². The van der Waals surface area contributed by atoms with Gasteiger partial charge in [-0.25, -0.2) is 8.42 Å². The van der Waals surface area contributed by atoms with E-state index >= 15 is 0 Å². The molecule has 2 aromatic rings. The van der Waals surface area contributed by atoms with Gasteiger partial charge in [-0.3, -0.25) is 9.10 Å². The van der Waals surface area contributed by atoms with Crippen molar-refractivity contribution in [2.75, 3.05) is 23.9 Å². The summed E-state index contributed by atoms with van der Waals surface area (Å²) in [5.41, 5.74) is 3.30. The zero-order chi connectivity index (χ0) is 19.7. The monoisotopic (exact) mass is 398 g/mol. The minimum atomic E-state index is -3.59. The quantitative estimate of drug-likeness (QED) is 0.791. The summed E-state index contributed by atoms with van der Waals surface area (Å²) in [4.78, 5) is 15.1. The molecule has 0 spiro atoms. The number of hydrogen-bond donors (Lipinski definition) is 0. The van der Waals surface area contributed by atoms with E-state index in [9.17, 15) is 13.2 Å².